The number of hydrogen-bond donors (Lipinski definition) is 1. The van der Waals surface area contributed by atoms with Gasteiger partial charge in [-0.2, -0.15) is 0 Å². The normalized spacial score (nSPS) is 13.9. The molecule has 0 bridgehead atoms. The number of unbranched alkanes of at least 4 members (excludes halogenated alkanes) is 1. The van der Waals surface area contributed by atoms with Crippen LogP contribution in [0, 0.1) is 5.92 Å². The largest absolute Gasteiger partial charge is 0.412 e. The van der Waals surface area contributed by atoms with Gasteiger partial charge in [0.25, 0.3) is 0 Å². The highest BCUT2D eigenvalue weighted by molar-refractivity contribution is 4.51. The summed E-state index contributed by atoms with van der Waals surface area (Å²) in [4.78, 5) is 0. The predicted molar refractivity (Wildman–Crippen MR) is 100.0 cm³/mol. The molecule has 1 saturated carbocycles. The summed E-state index contributed by atoms with van der Waals surface area (Å²) < 4.78 is 0. The van der Waals surface area contributed by atoms with Crippen molar-refractivity contribution in [2.45, 2.75) is 106 Å². The van der Waals surface area contributed by atoms with E-state index in [0.29, 0.717) is 0 Å². The molecule has 0 aromatic rings. The minimum absolute atomic E-state index is 0. The molecule has 0 spiro atoms. The Morgan fingerprint density at radius 2 is 1.05 bits per heavy atom. The maximum Gasteiger partial charge on any atom is -0.00515 e. The van der Waals surface area contributed by atoms with E-state index in [2.05, 4.69) is 13.8 Å². The van der Waals surface area contributed by atoms with Gasteiger partial charge < -0.3 is 16.7 Å². The van der Waals surface area contributed by atoms with E-state index >= 15 is 0 Å². The molecule has 0 saturated heterocycles. The van der Waals surface area contributed by atoms with Crippen LogP contribution in [-0.4, -0.2) is 17.5 Å². The lowest BCUT2D eigenvalue weighted by molar-refractivity contribution is 0.516. The van der Waals surface area contributed by atoms with Crippen molar-refractivity contribution in [1.82, 2.24) is 0 Å². The molecule has 1 atom stereocenters. The molecule has 3 heteroatoms. The van der Waals surface area contributed by atoms with Gasteiger partial charge in [0.15, 0.2) is 0 Å². The minimum atomic E-state index is 0. The molecule has 0 aromatic heterocycles. The van der Waals surface area contributed by atoms with Crippen molar-refractivity contribution in [2.24, 2.45) is 11.7 Å². The van der Waals surface area contributed by atoms with E-state index in [9.17, 15) is 0 Å². The first-order chi connectivity index (χ1) is 9.31. The molecule has 136 valence electrons. The molecule has 1 rings (SSSR count). The molecule has 0 aliphatic heterocycles. The summed E-state index contributed by atoms with van der Waals surface area (Å²) in [6.07, 6.45) is 14.4. The first-order valence-corrected chi connectivity index (χ1v) is 9.01. The van der Waals surface area contributed by atoms with Crippen molar-refractivity contribution in [2.75, 3.05) is 6.54 Å². The molecule has 0 heterocycles. The maximum absolute atomic E-state index is 5.41. The van der Waals surface area contributed by atoms with Gasteiger partial charge in [0.2, 0.25) is 0 Å². The van der Waals surface area contributed by atoms with Gasteiger partial charge in [0.05, 0.1) is 0 Å². The van der Waals surface area contributed by atoms with Crippen LogP contribution in [0.15, 0.2) is 0 Å². The van der Waals surface area contributed by atoms with E-state index in [1.807, 2.05) is 27.7 Å². The van der Waals surface area contributed by atoms with E-state index < -0.39 is 0 Å². The predicted octanol–water partition coefficient (Wildman–Crippen LogP) is 4.91. The van der Waals surface area contributed by atoms with E-state index in [1.165, 1.54) is 64.2 Å². The fraction of sp³-hybridized carbons (Fsp3) is 1.00. The van der Waals surface area contributed by atoms with E-state index in [1.54, 1.807) is 0 Å². The Hall–Kier alpha value is -0.120. The molecule has 1 aliphatic carbocycles. The number of nitrogens with two attached hydrogens (primary N) is 1. The second kappa shape index (κ2) is 36.8. The highest BCUT2D eigenvalue weighted by Gasteiger charge is 1.96. The zero-order valence-corrected chi connectivity index (χ0v) is 15.9. The van der Waals surface area contributed by atoms with Crippen LogP contribution < -0.4 is 5.73 Å². The van der Waals surface area contributed by atoms with Gasteiger partial charge in [-0.15, -0.1) is 0 Å². The lowest BCUT2D eigenvalue weighted by Crippen LogP contribution is -2.09. The molecule has 21 heavy (non-hydrogen) atoms. The highest BCUT2D eigenvalue weighted by atomic mass is 16.0. The third-order valence-corrected chi connectivity index (χ3v) is 3.20. The summed E-state index contributed by atoms with van der Waals surface area (Å²) in [5, 5.41) is 0. The van der Waals surface area contributed by atoms with E-state index in [0.717, 1.165) is 12.5 Å². The van der Waals surface area contributed by atoms with Crippen molar-refractivity contribution in [3.05, 3.63) is 0 Å². The molecular weight excluding hydrogens is 262 g/mol. The van der Waals surface area contributed by atoms with Crippen LogP contribution in [-0.2, 0) is 0 Å². The SMILES string of the molecule is C1CCCCCC1.CC.CC.CCCC[C@H](C)CN.O.O. The molecule has 6 N–H and O–H groups in total. The van der Waals surface area contributed by atoms with Gasteiger partial charge >= 0.3 is 0 Å². The van der Waals surface area contributed by atoms with Crippen molar-refractivity contribution in [3.63, 3.8) is 0 Å². The summed E-state index contributed by atoms with van der Waals surface area (Å²) >= 11 is 0. The number of hydrogen-bond acceptors (Lipinski definition) is 1. The maximum atomic E-state index is 5.41. The quantitative estimate of drug-likeness (QED) is 0.735. The van der Waals surface area contributed by atoms with Crippen molar-refractivity contribution in [1.29, 1.82) is 0 Å². The molecule has 0 radical (unpaired) electrons. The van der Waals surface area contributed by atoms with Gasteiger partial charge in [0.1, 0.15) is 0 Å². The van der Waals surface area contributed by atoms with Gasteiger partial charge in [-0.1, -0.05) is 99.3 Å². The second-order valence-corrected chi connectivity index (χ2v) is 4.96. The fourth-order valence-electron chi connectivity index (χ4n) is 1.91. The molecule has 1 aliphatic rings. The van der Waals surface area contributed by atoms with Crippen LogP contribution >= 0.6 is 0 Å². The lowest BCUT2D eigenvalue weighted by atomic mass is 10.1. The first-order valence-electron chi connectivity index (χ1n) is 9.01. The highest BCUT2D eigenvalue weighted by Crippen LogP contribution is 2.15. The van der Waals surface area contributed by atoms with Crippen molar-refractivity contribution in [3.8, 4) is 0 Å². The Morgan fingerprint density at radius 3 is 1.24 bits per heavy atom. The molecular formula is C18H47NO2. The Morgan fingerprint density at radius 1 is 0.762 bits per heavy atom. The minimum Gasteiger partial charge on any atom is -0.412 e. The molecule has 1 fully saturated rings. The zero-order chi connectivity index (χ0) is 15.4. The Kier molecular flexibility index (Phi) is 57.3. The van der Waals surface area contributed by atoms with E-state index in [4.69, 9.17) is 5.73 Å². The van der Waals surface area contributed by atoms with Gasteiger partial charge in [-0.3, -0.25) is 0 Å². The van der Waals surface area contributed by atoms with Crippen molar-refractivity contribution < 1.29 is 11.0 Å². The summed E-state index contributed by atoms with van der Waals surface area (Å²) in [5.41, 5.74) is 5.41. The molecule has 0 amide bonds. The zero-order valence-electron chi connectivity index (χ0n) is 15.9. The van der Waals surface area contributed by atoms with E-state index in [-0.39, 0.29) is 11.0 Å². The third-order valence-electron chi connectivity index (χ3n) is 3.20. The Balaban J connectivity index is -0.0000000610. The number of rotatable bonds is 4. The average molecular weight is 310 g/mol. The Bertz CT molecular complexity index is 102. The molecule has 3 nitrogen and oxygen atoms in total. The Labute approximate surface area is 135 Å². The van der Waals surface area contributed by atoms with Crippen LogP contribution in [0.5, 0.6) is 0 Å². The summed E-state index contributed by atoms with van der Waals surface area (Å²) in [7, 11) is 0. The van der Waals surface area contributed by atoms with Crippen LogP contribution in [0.4, 0.5) is 0 Å². The smallest absolute Gasteiger partial charge is 0.00515 e. The van der Waals surface area contributed by atoms with Crippen molar-refractivity contribution >= 4 is 0 Å². The lowest BCUT2D eigenvalue weighted by Gasteiger charge is -2.04. The van der Waals surface area contributed by atoms with Gasteiger partial charge in [-0.25, -0.2) is 0 Å². The monoisotopic (exact) mass is 309 g/mol. The van der Waals surface area contributed by atoms with Crippen LogP contribution in [0.25, 0.3) is 0 Å². The van der Waals surface area contributed by atoms with Gasteiger partial charge in [-0.05, 0) is 18.9 Å². The summed E-state index contributed by atoms with van der Waals surface area (Å²) in [6.45, 7) is 13.3. The standard InChI is InChI=1S/C7H17N.C7H14.2C2H6.2H2O/c1-3-4-5-7(2)6-8;1-2-4-6-7-5-3-1;2*1-2;;/h7H,3-6,8H2,1-2H3;1-7H2;2*1-2H3;2*1H2/t7-;;;;;/m0...../s1. The van der Waals surface area contributed by atoms with Crippen LogP contribution in [0.1, 0.15) is 106 Å². The topological polar surface area (TPSA) is 89.0 Å². The van der Waals surface area contributed by atoms with Gasteiger partial charge in [0, 0.05) is 0 Å². The third kappa shape index (κ3) is 38.3. The second-order valence-electron chi connectivity index (χ2n) is 4.96. The molecule has 0 aromatic carbocycles. The molecule has 0 unspecified atom stereocenters. The summed E-state index contributed by atoms with van der Waals surface area (Å²) in [6, 6.07) is 0. The first kappa shape index (κ1) is 32.7. The van der Waals surface area contributed by atoms with Crippen LogP contribution in [0.3, 0.4) is 0 Å². The summed E-state index contributed by atoms with van der Waals surface area (Å²) in [5.74, 6) is 0.731. The average Bonchev–Trinajstić information content (AvgIpc) is 2.82. The fourth-order valence-corrected chi connectivity index (χ4v) is 1.91. The van der Waals surface area contributed by atoms with Crippen LogP contribution in [0.2, 0.25) is 0 Å².